The van der Waals surface area contributed by atoms with E-state index in [9.17, 15) is 0 Å². The Balaban J connectivity index is 1.90. The third kappa shape index (κ3) is 3.39. The van der Waals surface area contributed by atoms with Gasteiger partial charge < -0.3 is 10.1 Å². The minimum Gasteiger partial charge on any atom is -0.382 e. The summed E-state index contributed by atoms with van der Waals surface area (Å²) < 4.78 is 5.27. The number of anilines is 1. The molecule has 0 amide bonds. The Bertz CT molecular complexity index is 473. The molecule has 4 nitrogen and oxygen atoms in total. The van der Waals surface area contributed by atoms with Crippen LogP contribution in [0.25, 0.3) is 11.0 Å². The Kier molecular flexibility index (Phi) is 4.27. The molecule has 2 aromatic rings. The van der Waals surface area contributed by atoms with Gasteiger partial charge in [-0.1, -0.05) is 12.1 Å². The van der Waals surface area contributed by atoms with Crippen molar-refractivity contribution in [1.82, 2.24) is 9.97 Å². The summed E-state index contributed by atoms with van der Waals surface area (Å²) in [6.07, 6.45) is 2.74. The normalized spacial score (nSPS) is 10.6. The monoisotopic (exact) mass is 231 g/mol. The minimum absolute atomic E-state index is 0.774. The van der Waals surface area contributed by atoms with Gasteiger partial charge in [0.25, 0.3) is 0 Å². The fraction of sp³-hybridized carbons (Fsp3) is 0.385. The molecule has 0 bridgehead atoms. The summed E-state index contributed by atoms with van der Waals surface area (Å²) in [6.45, 7) is 4.41. The Morgan fingerprint density at radius 3 is 2.88 bits per heavy atom. The second kappa shape index (κ2) is 6.15. The molecule has 0 saturated heterocycles. The Labute approximate surface area is 101 Å². The highest BCUT2D eigenvalue weighted by Crippen LogP contribution is 2.10. The zero-order valence-electron chi connectivity index (χ0n) is 10.0. The second-order valence-electron chi connectivity index (χ2n) is 3.72. The predicted octanol–water partition coefficient (Wildman–Crippen LogP) is 2.47. The number of hydrogen-bond donors (Lipinski definition) is 1. The van der Waals surface area contributed by atoms with E-state index in [1.807, 2.05) is 31.2 Å². The molecular weight excluding hydrogens is 214 g/mol. The lowest BCUT2D eigenvalue weighted by Gasteiger charge is -2.06. The van der Waals surface area contributed by atoms with Crippen molar-refractivity contribution in [2.75, 3.05) is 25.1 Å². The molecule has 0 spiro atoms. The molecule has 4 heteroatoms. The SMILES string of the molecule is CCOCCCNc1cnc2ccccc2n1. The summed E-state index contributed by atoms with van der Waals surface area (Å²) in [5.74, 6) is 0.820. The van der Waals surface area contributed by atoms with Crippen LogP contribution in [0.5, 0.6) is 0 Å². The van der Waals surface area contributed by atoms with E-state index in [2.05, 4.69) is 15.3 Å². The maximum atomic E-state index is 5.27. The molecule has 90 valence electrons. The van der Waals surface area contributed by atoms with Gasteiger partial charge in [0, 0.05) is 19.8 Å². The molecule has 0 atom stereocenters. The summed E-state index contributed by atoms with van der Waals surface area (Å²) in [6, 6.07) is 7.86. The number of nitrogens with zero attached hydrogens (tertiary/aromatic N) is 2. The third-order valence-electron chi connectivity index (χ3n) is 2.42. The number of rotatable bonds is 6. The summed E-state index contributed by atoms with van der Waals surface area (Å²) in [5, 5.41) is 3.24. The lowest BCUT2D eigenvalue weighted by atomic mass is 10.3. The van der Waals surface area contributed by atoms with E-state index in [1.54, 1.807) is 6.20 Å². The highest BCUT2D eigenvalue weighted by atomic mass is 16.5. The van der Waals surface area contributed by atoms with Crippen LogP contribution in [0.15, 0.2) is 30.5 Å². The van der Waals surface area contributed by atoms with Crippen molar-refractivity contribution in [2.45, 2.75) is 13.3 Å². The number of aromatic nitrogens is 2. The molecule has 0 aliphatic carbocycles. The smallest absolute Gasteiger partial charge is 0.145 e. The zero-order valence-corrected chi connectivity index (χ0v) is 10.0. The molecule has 17 heavy (non-hydrogen) atoms. The number of fused-ring (bicyclic) bond motifs is 1. The van der Waals surface area contributed by atoms with Gasteiger partial charge in [0.15, 0.2) is 0 Å². The van der Waals surface area contributed by atoms with Crippen LogP contribution < -0.4 is 5.32 Å². The van der Waals surface area contributed by atoms with E-state index < -0.39 is 0 Å². The molecule has 0 saturated carbocycles. The van der Waals surface area contributed by atoms with Gasteiger partial charge in [0.05, 0.1) is 17.2 Å². The second-order valence-corrected chi connectivity index (χ2v) is 3.72. The van der Waals surface area contributed by atoms with Crippen LogP contribution in [0.4, 0.5) is 5.82 Å². The van der Waals surface area contributed by atoms with Crippen molar-refractivity contribution < 1.29 is 4.74 Å². The molecule has 1 N–H and O–H groups in total. The van der Waals surface area contributed by atoms with Crippen molar-refractivity contribution in [3.63, 3.8) is 0 Å². The highest BCUT2D eigenvalue weighted by molar-refractivity contribution is 5.75. The van der Waals surface area contributed by atoms with E-state index in [-0.39, 0.29) is 0 Å². The summed E-state index contributed by atoms with van der Waals surface area (Å²) in [4.78, 5) is 8.82. The van der Waals surface area contributed by atoms with Crippen molar-refractivity contribution in [2.24, 2.45) is 0 Å². The van der Waals surface area contributed by atoms with Gasteiger partial charge in [-0.15, -0.1) is 0 Å². The summed E-state index contributed by atoms with van der Waals surface area (Å²) >= 11 is 0. The number of para-hydroxylation sites is 2. The van der Waals surface area contributed by atoms with Crippen LogP contribution in [-0.4, -0.2) is 29.7 Å². The van der Waals surface area contributed by atoms with Gasteiger partial charge >= 0.3 is 0 Å². The summed E-state index contributed by atoms with van der Waals surface area (Å²) in [5.41, 5.74) is 1.84. The molecule has 0 fully saturated rings. The maximum absolute atomic E-state index is 5.27. The number of ether oxygens (including phenoxy) is 1. The van der Waals surface area contributed by atoms with Gasteiger partial charge in [-0.2, -0.15) is 0 Å². The van der Waals surface area contributed by atoms with Gasteiger partial charge in [-0.05, 0) is 25.5 Å². The van der Waals surface area contributed by atoms with Gasteiger partial charge in [0.1, 0.15) is 5.82 Å². The fourth-order valence-electron chi connectivity index (χ4n) is 1.58. The number of nitrogens with one attached hydrogen (secondary N) is 1. The van der Waals surface area contributed by atoms with Crippen LogP contribution in [0.1, 0.15) is 13.3 Å². The lowest BCUT2D eigenvalue weighted by molar-refractivity contribution is 0.147. The minimum atomic E-state index is 0.774. The average Bonchev–Trinajstić information content (AvgIpc) is 2.38. The van der Waals surface area contributed by atoms with Crippen LogP contribution in [0, 0.1) is 0 Å². The molecule has 1 aromatic heterocycles. The Hall–Kier alpha value is -1.68. The third-order valence-corrected chi connectivity index (χ3v) is 2.42. The van der Waals surface area contributed by atoms with Crippen molar-refractivity contribution in [1.29, 1.82) is 0 Å². The zero-order chi connectivity index (χ0) is 11.9. The first-order valence-corrected chi connectivity index (χ1v) is 5.93. The topological polar surface area (TPSA) is 47.0 Å². The number of benzene rings is 1. The van der Waals surface area contributed by atoms with Crippen molar-refractivity contribution >= 4 is 16.9 Å². The largest absolute Gasteiger partial charge is 0.382 e. The molecular formula is C13H17N3O. The lowest BCUT2D eigenvalue weighted by Crippen LogP contribution is -2.07. The summed E-state index contributed by atoms with van der Waals surface area (Å²) in [7, 11) is 0. The van der Waals surface area contributed by atoms with Crippen LogP contribution in [0.3, 0.4) is 0 Å². The van der Waals surface area contributed by atoms with Crippen molar-refractivity contribution in [3.8, 4) is 0 Å². The Morgan fingerprint density at radius 1 is 1.24 bits per heavy atom. The molecule has 2 rings (SSSR count). The van der Waals surface area contributed by atoms with Gasteiger partial charge in [-0.25, -0.2) is 4.98 Å². The fourth-order valence-corrected chi connectivity index (χ4v) is 1.58. The molecule has 0 aliphatic heterocycles. The average molecular weight is 231 g/mol. The van der Waals surface area contributed by atoms with Crippen molar-refractivity contribution in [3.05, 3.63) is 30.5 Å². The molecule has 1 heterocycles. The highest BCUT2D eigenvalue weighted by Gasteiger charge is 1.97. The predicted molar refractivity (Wildman–Crippen MR) is 69.1 cm³/mol. The van der Waals surface area contributed by atoms with Gasteiger partial charge in [0.2, 0.25) is 0 Å². The maximum Gasteiger partial charge on any atom is 0.145 e. The van der Waals surface area contributed by atoms with Crippen LogP contribution >= 0.6 is 0 Å². The van der Waals surface area contributed by atoms with Gasteiger partial charge in [-0.3, -0.25) is 4.98 Å². The molecule has 0 aliphatic rings. The quantitative estimate of drug-likeness (QED) is 0.776. The van der Waals surface area contributed by atoms with E-state index >= 15 is 0 Å². The Morgan fingerprint density at radius 2 is 2.06 bits per heavy atom. The van der Waals surface area contributed by atoms with E-state index in [1.165, 1.54) is 0 Å². The molecule has 1 aromatic carbocycles. The first kappa shape index (κ1) is 11.8. The van der Waals surface area contributed by atoms with Crippen LogP contribution in [-0.2, 0) is 4.74 Å². The number of hydrogen-bond acceptors (Lipinski definition) is 4. The van der Waals surface area contributed by atoms with E-state index in [0.717, 1.165) is 43.0 Å². The molecule has 0 unspecified atom stereocenters. The van der Waals surface area contributed by atoms with E-state index in [4.69, 9.17) is 4.74 Å². The first-order chi connectivity index (χ1) is 8.40. The molecule has 0 radical (unpaired) electrons. The standard InChI is InChI=1S/C13H17N3O/c1-2-17-9-5-8-14-13-10-15-11-6-3-4-7-12(11)16-13/h3-4,6-7,10H,2,5,8-9H2,1H3,(H,14,16). The van der Waals surface area contributed by atoms with Crippen LogP contribution in [0.2, 0.25) is 0 Å². The van der Waals surface area contributed by atoms with E-state index in [0.29, 0.717) is 0 Å². The first-order valence-electron chi connectivity index (χ1n) is 5.93.